The van der Waals surface area contributed by atoms with Gasteiger partial charge in [-0.2, -0.15) is 0 Å². The maximum absolute atomic E-state index is 5.51. The maximum Gasteiger partial charge on any atom is 0.165 e. The minimum absolute atomic E-state index is 0.343. The highest BCUT2D eigenvalue weighted by Crippen LogP contribution is 2.39. The molecule has 1 aliphatic carbocycles. The Morgan fingerprint density at radius 1 is 1.28 bits per heavy atom. The van der Waals surface area contributed by atoms with E-state index in [1.807, 2.05) is 19.2 Å². The Morgan fingerprint density at radius 2 is 2.06 bits per heavy atom. The highest BCUT2D eigenvalue weighted by atomic mass is 16.5. The van der Waals surface area contributed by atoms with E-state index in [1.54, 1.807) is 14.2 Å². The standard InChI is InChI=1S/C15H23NO2/c1-16-13(10-9-11-7-8-11)12-5-4-6-14(17-2)15(12)18-3/h4-6,11,13,16H,7-10H2,1-3H3. The highest BCUT2D eigenvalue weighted by molar-refractivity contribution is 5.48. The molecule has 1 unspecified atom stereocenters. The van der Waals surface area contributed by atoms with Crippen LogP contribution in [0.1, 0.15) is 37.3 Å². The van der Waals surface area contributed by atoms with Crippen molar-refractivity contribution in [3.63, 3.8) is 0 Å². The van der Waals surface area contributed by atoms with E-state index >= 15 is 0 Å². The first kappa shape index (κ1) is 13.2. The number of rotatable bonds is 7. The van der Waals surface area contributed by atoms with E-state index in [0.717, 1.165) is 23.8 Å². The van der Waals surface area contributed by atoms with E-state index in [9.17, 15) is 0 Å². The summed E-state index contributed by atoms with van der Waals surface area (Å²) in [6.45, 7) is 0. The van der Waals surface area contributed by atoms with Crippen LogP contribution in [-0.2, 0) is 0 Å². The van der Waals surface area contributed by atoms with E-state index in [0.29, 0.717) is 6.04 Å². The molecular formula is C15H23NO2. The largest absolute Gasteiger partial charge is 0.493 e. The van der Waals surface area contributed by atoms with Crippen LogP contribution in [0.5, 0.6) is 11.5 Å². The monoisotopic (exact) mass is 249 g/mol. The van der Waals surface area contributed by atoms with Gasteiger partial charge in [-0.15, -0.1) is 0 Å². The maximum atomic E-state index is 5.51. The SMILES string of the molecule is CNC(CCC1CC1)c1cccc(OC)c1OC. The lowest BCUT2D eigenvalue weighted by Gasteiger charge is -2.20. The van der Waals surface area contributed by atoms with Gasteiger partial charge in [0.15, 0.2) is 11.5 Å². The first-order valence-corrected chi connectivity index (χ1v) is 6.68. The third-order valence-corrected chi connectivity index (χ3v) is 3.72. The van der Waals surface area contributed by atoms with Gasteiger partial charge in [0.1, 0.15) is 0 Å². The molecule has 1 aromatic rings. The predicted molar refractivity (Wildman–Crippen MR) is 73.3 cm³/mol. The molecule has 18 heavy (non-hydrogen) atoms. The zero-order chi connectivity index (χ0) is 13.0. The van der Waals surface area contributed by atoms with Gasteiger partial charge in [0.25, 0.3) is 0 Å². The third-order valence-electron chi connectivity index (χ3n) is 3.72. The van der Waals surface area contributed by atoms with Crippen molar-refractivity contribution in [1.29, 1.82) is 0 Å². The van der Waals surface area contributed by atoms with Crippen molar-refractivity contribution in [3.8, 4) is 11.5 Å². The van der Waals surface area contributed by atoms with Crippen LogP contribution in [0.2, 0.25) is 0 Å². The number of hydrogen-bond donors (Lipinski definition) is 1. The number of methoxy groups -OCH3 is 2. The van der Waals surface area contributed by atoms with E-state index < -0.39 is 0 Å². The van der Waals surface area contributed by atoms with Crippen LogP contribution < -0.4 is 14.8 Å². The van der Waals surface area contributed by atoms with Crippen LogP contribution in [0.4, 0.5) is 0 Å². The van der Waals surface area contributed by atoms with Crippen molar-refractivity contribution in [2.75, 3.05) is 21.3 Å². The van der Waals surface area contributed by atoms with E-state index in [2.05, 4.69) is 11.4 Å². The molecule has 0 radical (unpaired) electrons. The summed E-state index contributed by atoms with van der Waals surface area (Å²) in [6.07, 6.45) is 5.27. The Bertz CT molecular complexity index is 388. The quantitative estimate of drug-likeness (QED) is 0.805. The Morgan fingerprint density at radius 3 is 2.61 bits per heavy atom. The minimum Gasteiger partial charge on any atom is -0.493 e. The van der Waals surface area contributed by atoms with E-state index in [-0.39, 0.29) is 0 Å². The zero-order valence-electron chi connectivity index (χ0n) is 11.5. The molecule has 1 atom stereocenters. The Balaban J connectivity index is 2.16. The molecule has 2 rings (SSSR count). The first-order valence-electron chi connectivity index (χ1n) is 6.68. The summed E-state index contributed by atoms with van der Waals surface area (Å²) in [6, 6.07) is 6.43. The minimum atomic E-state index is 0.343. The summed E-state index contributed by atoms with van der Waals surface area (Å²) in [4.78, 5) is 0. The normalized spacial score (nSPS) is 16.4. The van der Waals surface area contributed by atoms with Crippen molar-refractivity contribution in [2.45, 2.75) is 31.7 Å². The topological polar surface area (TPSA) is 30.5 Å². The van der Waals surface area contributed by atoms with Crippen LogP contribution in [0.25, 0.3) is 0 Å². The third kappa shape index (κ3) is 2.96. The summed E-state index contributed by atoms with van der Waals surface area (Å²) in [5.74, 6) is 2.62. The van der Waals surface area contributed by atoms with Crippen molar-refractivity contribution in [3.05, 3.63) is 23.8 Å². The molecular weight excluding hydrogens is 226 g/mol. The van der Waals surface area contributed by atoms with Crippen LogP contribution in [0.15, 0.2) is 18.2 Å². The Hall–Kier alpha value is -1.22. The lowest BCUT2D eigenvalue weighted by Crippen LogP contribution is -2.17. The summed E-state index contributed by atoms with van der Waals surface area (Å²) >= 11 is 0. The summed E-state index contributed by atoms with van der Waals surface area (Å²) < 4.78 is 10.9. The van der Waals surface area contributed by atoms with Crippen LogP contribution in [0, 0.1) is 5.92 Å². The molecule has 100 valence electrons. The van der Waals surface area contributed by atoms with Gasteiger partial charge in [0.05, 0.1) is 14.2 Å². The molecule has 1 N–H and O–H groups in total. The lowest BCUT2D eigenvalue weighted by molar-refractivity contribution is 0.345. The summed E-state index contributed by atoms with van der Waals surface area (Å²) in [7, 11) is 5.39. The number of para-hydroxylation sites is 1. The van der Waals surface area contributed by atoms with E-state index in [4.69, 9.17) is 9.47 Å². The Kier molecular flexibility index (Phi) is 4.48. The molecule has 0 saturated heterocycles. The molecule has 1 aliphatic rings. The first-order chi connectivity index (χ1) is 8.80. The van der Waals surface area contributed by atoms with Gasteiger partial charge >= 0.3 is 0 Å². The average Bonchev–Trinajstić information content (AvgIpc) is 3.23. The van der Waals surface area contributed by atoms with Gasteiger partial charge < -0.3 is 14.8 Å². The van der Waals surface area contributed by atoms with Gasteiger partial charge in [-0.25, -0.2) is 0 Å². The molecule has 0 heterocycles. The van der Waals surface area contributed by atoms with Gasteiger partial charge in [0, 0.05) is 11.6 Å². The molecule has 3 heteroatoms. The van der Waals surface area contributed by atoms with Gasteiger partial charge in [0.2, 0.25) is 0 Å². The van der Waals surface area contributed by atoms with Crippen LogP contribution in [0.3, 0.4) is 0 Å². The molecule has 1 fully saturated rings. The summed E-state index contributed by atoms with van der Waals surface area (Å²) in [5.41, 5.74) is 1.19. The molecule has 1 saturated carbocycles. The second kappa shape index (κ2) is 6.10. The predicted octanol–water partition coefficient (Wildman–Crippen LogP) is 3.15. The number of hydrogen-bond acceptors (Lipinski definition) is 3. The van der Waals surface area contributed by atoms with Crippen LogP contribution >= 0.6 is 0 Å². The van der Waals surface area contributed by atoms with Crippen LogP contribution in [-0.4, -0.2) is 21.3 Å². The Labute approximate surface area is 109 Å². The summed E-state index contributed by atoms with van der Waals surface area (Å²) in [5, 5.41) is 3.39. The molecule has 0 spiro atoms. The van der Waals surface area contributed by atoms with Gasteiger partial charge in [-0.1, -0.05) is 25.0 Å². The fourth-order valence-electron chi connectivity index (χ4n) is 2.45. The average molecular weight is 249 g/mol. The second-order valence-electron chi connectivity index (χ2n) is 4.94. The smallest absolute Gasteiger partial charge is 0.165 e. The molecule has 0 aliphatic heterocycles. The van der Waals surface area contributed by atoms with E-state index in [1.165, 1.54) is 24.8 Å². The van der Waals surface area contributed by atoms with Crippen molar-refractivity contribution < 1.29 is 9.47 Å². The number of benzene rings is 1. The molecule has 0 bridgehead atoms. The fraction of sp³-hybridized carbons (Fsp3) is 0.600. The van der Waals surface area contributed by atoms with Crippen molar-refractivity contribution in [2.24, 2.45) is 5.92 Å². The van der Waals surface area contributed by atoms with Gasteiger partial charge in [-0.3, -0.25) is 0 Å². The molecule has 1 aromatic carbocycles. The highest BCUT2D eigenvalue weighted by Gasteiger charge is 2.24. The lowest BCUT2D eigenvalue weighted by atomic mass is 9.99. The van der Waals surface area contributed by atoms with Crippen molar-refractivity contribution in [1.82, 2.24) is 5.32 Å². The second-order valence-corrected chi connectivity index (χ2v) is 4.94. The van der Waals surface area contributed by atoms with Gasteiger partial charge in [-0.05, 0) is 31.9 Å². The number of nitrogens with one attached hydrogen (secondary N) is 1. The number of ether oxygens (including phenoxy) is 2. The molecule has 0 aromatic heterocycles. The molecule has 3 nitrogen and oxygen atoms in total. The fourth-order valence-corrected chi connectivity index (χ4v) is 2.45. The zero-order valence-corrected chi connectivity index (χ0v) is 11.5. The molecule has 0 amide bonds. The van der Waals surface area contributed by atoms with Crippen molar-refractivity contribution >= 4 is 0 Å².